The first-order valence-corrected chi connectivity index (χ1v) is 11.9. The second kappa shape index (κ2) is 7.99. The number of methoxy groups -OCH3 is 1. The molecule has 1 aliphatic heterocycles. The summed E-state index contributed by atoms with van der Waals surface area (Å²) in [6, 6.07) is 7.75. The number of nitrogens with one attached hydrogen (secondary N) is 1. The molecule has 1 fully saturated rings. The highest BCUT2D eigenvalue weighted by molar-refractivity contribution is 8.26. The Hall–Kier alpha value is -2.18. The molecule has 168 valence electrons. The van der Waals surface area contributed by atoms with Gasteiger partial charge in [0.15, 0.2) is 11.6 Å². The van der Waals surface area contributed by atoms with Gasteiger partial charge in [0.05, 0.1) is 12.0 Å². The topological polar surface area (TPSA) is 38.3 Å². The van der Waals surface area contributed by atoms with Crippen molar-refractivity contribution in [1.82, 2.24) is 5.32 Å². The van der Waals surface area contributed by atoms with Crippen LogP contribution in [-0.2, 0) is 15.6 Å². The Morgan fingerprint density at radius 2 is 1.69 bits per heavy atom. The van der Waals surface area contributed by atoms with E-state index in [9.17, 15) is 4.79 Å². The van der Waals surface area contributed by atoms with Crippen molar-refractivity contribution in [3.63, 3.8) is 0 Å². The van der Waals surface area contributed by atoms with Crippen LogP contribution in [0.4, 0.5) is 4.39 Å². The van der Waals surface area contributed by atoms with E-state index in [1.54, 1.807) is 6.08 Å². The van der Waals surface area contributed by atoms with Gasteiger partial charge in [-0.2, -0.15) is 0 Å². The Kier molecular flexibility index (Phi) is 5.74. The molecular formula is C26H28FNO2S2. The van der Waals surface area contributed by atoms with E-state index in [1.807, 2.05) is 6.07 Å². The van der Waals surface area contributed by atoms with Gasteiger partial charge in [0.1, 0.15) is 4.32 Å². The number of amides is 1. The number of fused-ring (bicyclic) bond motifs is 1. The third kappa shape index (κ3) is 3.99. The molecule has 0 spiro atoms. The molecule has 0 bridgehead atoms. The number of carbonyl (C=O) groups excluding carboxylic acids is 1. The molecule has 0 atom stereocenters. The average molecular weight is 470 g/mol. The van der Waals surface area contributed by atoms with Crippen molar-refractivity contribution >= 4 is 40.3 Å². The van der Waals surface area contributed by atoms with Crippen molar-refractivity contribution in [2.24, 2.45) is 0 Å². The zero-order valence-corrected chi connectivity index (χ0v) is 20.9. The molecule has 2 aliphatic rings. The van der Waals surface area contributed by atoms with Gasteiger partial charge in [-0.1, -0.05) is 57.7 Å². The van der Waals surface area contributed by atoms with E-state index in [4.69, 9.17) is 17.0 Å². The van der Waals surface area contributed by atoms with Gasteiger partial charge in [-0.05, 0) is 82.7 Å². The molecule has 1 aliphatic carbocycles. The fourth-order valence-electron chi connectivity index (χ4n) is 4.69. The molecule has 1 heterocycles. The van der Waals surface area contributed by atoms with Crippen molar-refractivity contribution in [2.45, 2.75) is 58.3 Å². The van der Waals surface area contributed by atoms with Crippen LogP contribution < -0.4 is 10.1 Å². The largest absolute Gasteiger partial charge is 0.493 e. The van der Waals surface area contributed by atoms with E-state index in [-0.39, 0.29) is 22.5 Å². The Labute approximate surface area is 198 Å². The predicted molar refractivity (Wildman–Crippen MR) is 135 cm³/mol. The van der Waals surface area contributed by atoms with Gasteiger partial charge >= 0.3 is 0 Å². The van der Waals surface area contributed by atoms with Crippen molar-refractivity contribution in [3.05, 3.63) is 57.2 Å². The summed E-state index contributed by atoms with van der Waals surface area (Å²) in [6.07, 6.45) is 3.90. The number of hydrogen-bond donors (Lipinski definition) is 1. The molecule has 2 aromatic rings. The summed E-state index contributed by atoms with van der Waals surface area (Å²) >= 11 is 6.25. The first-order chi connectivity index (χ1) is 14.9. The number of hydrogen-bond acceptors (Lipinski definition) is 4. The first kappa shape index (κ1) is 23.0. The number of carbonyl (C=O) groups is 1. The molecule has 3 nitrogen and oxygen atoms in total. The minimum atomic E-state index is -0.459. The standard InChI is InChI=1S/C26H28FNO2S2/c1-14-9-18-19(26(4,5)8-7-25(18,2)3)13-16(14)17-10-15(11-20(27)22(17)30-6)12-21-23(29)28-24(31)32-21/h9-13H,7-8H2,1-6H3,(H,28,29,31). The Morgan fingerprint density at radius 3 is 2.25 bits per heavy atom. The number of ether oxygens (including phenoxy) is 1. The number of halogens is 1. The van der Waals surface area contributed by atoms with E-state index in [0.29, 0.717) is 20.4 Å². The van der Waals surface area contributed by atoms with Gasteiger partial charge < -0.3 is 10.1 Å². The molecule has 6 heteroatoms. The van der Waals surface area contributed by atoms with Crippen molar-refractivity contribution in [2.75, 3.05) is 7.11 Å². The second-order valence-corrected chi connectivity index (χ2v) is 11.6. The normalized spacial score (nSPS) is 20.3. The molecule has 4 rings (SSSR count). The summed E-state index contributed by atoms with van der Waals surface area (Å²) in [5, 5.41) is 2.60. The fourth-order valence-corrected chi connectivity index (χ4v) is 5.73. The predicted octanol–water partition coefficient (Wildman–Crippen LogP) is 6.65. The Bertz CT molecular complexity index is 1180. The molecule has 0 aromatic heterocycles. The van der Waals surface area contributed by atoms with Crippen LogP contribution in [-0.4, -0.2) is 17.3 Å². The summed E-state index contributed by atoms with van der Waals surface area (Å²) in [7, 11) is 1.49. The zero-order chi connectivity index (χ0) is 23.4. The van der Waals surface area contributed by atoms with E-state index in [0.717, 1.165) is 24.0 Å². The number of benzene rings is 2. The van der Waals surface area contributed by atoms with E-state index in [1.165, 1.54) is 36.1 Å². The summed E-state index contributed by atoms with van der Waals surface area (Å²) in [6.45, 7) is 11.2. The van der Waals surface area contributed by atoms with E-state index >= 15 is 4.39 Å². The molecule has 0 unspecified atom stereocenters. The molecule has 0 radical (unpaired) electrons. The van der Waals surface area contributed by atoms with Crippen LogP contribution in [0, 0.1) is 12.7 Å². The van der Waals surface area contributed by atoms with Gasteiger partial charge in [-0.15, -0.1) is 0 Å². The highest BCUT2D eigenvalue weighted by Gasteiger charge is 2.37. The van der Waals surface area contributed by atoms with Crippen molar-refractivity contribution in [3.8, 4) is 16.9 Å². The number of thiocarbonyl (C=S) groups is 1. The Balaban J connectivity index is 1.92. The number of aryl methyl sites for hydroxylation is 1. The maximum Gasteiger partial charge on any atom is 0.263 e. The highest BCUT2D eigenvalue weighted by atomic mass is 32.2. The fraction of sp³-hybridized carbons (Fsp3) is 0.385. The molecular weight excluding hydrogens is 441 g/mol. The molecule has 1 N–H and O–H groups in total. The average Bonchev–Trinajstić information content (AvgIpc) is 3.01. The maximum atomic E-state index is 15.1. The van der Waals surface area contributed by atoms with Gasteiger partial charge in [0.2, 0.25) is 0 Å². The lowest BCUT2D eigenvalue weighted by atomic mass is 9.62. The van der Waals surface area contributed by atoms with E-state index in [2.05, 4.69) is 52.1 Å². The lowest BCUT2D eigenvalue weighted by Gasteiger charge is -2.42. The third-order valence-corrected chi connectivity index (χ3v) is 7.86. The minimum absolute atomic E-state index is 0.0347. The SMILES string of the molecule is COc1c(F)cc(C=C2SC(=S)NC2=O)cc1-c1cc2c(cc1C)C(C)(C)CCC2(C)C. The number of rotatable bonds is 3. The number of thioether (sulfide) groups is 1. The van der Waals surface area contributed by atoms with Gasteiger partial charge in [-0.3, -0.25) is 4.79 Å². The lowest BCUT2D eigenvalue weighted by molar-refractivity contribution is -0.115. The zero-order valence-electron chi connectivity index (χ0n) is 19.3. The Morgan fingerprint density at radius 1 is 1.06 bits per heavy atom. The monoisotopic (exact) mass is 469 g/mol. The first-order valence-electron chi connectivity index (χ1n) is 10.7. The maximum absolute atomic E-state index is 15.1. The summed E-state index contributed by atoms with van der Waals surface area (Å²) < 4.78 is 21.0. The third-order valence-electron chi connectivity index (χ3n) is 6.70. The van der Waals surface area contributed by atoms with Crippen molar-refractivity contribution < 1.29 is 13.9 Å². The van der Waals surface area contributed by atoms with Gasteiger partial charge in [0.25, 0.3) is 5.91 Å². The summed E-state index contributed by atoms with van der Waals surface area (Å²) in [4.78, 5) is 12.5. The van der Waals surface area contributed by atoms with Crippen LogP contribution in [0.25, 0.3) is 17.2 Å². The summed E-state index contributed by atoms with van der Waals surface area (Å²) in [5.41, 5.74) is 6.10. The van der Waals surface area contributed by atoms with Crippen LogP contribution in [0.1, 0.15) is 62.8 Å². The van der Waals surface area contributed by atoms with Crippen LogP contribution in [0.3, 0.4) is 0 Å². The van der Waals surface area contributed by atoms with Crippen molar-refractivity contribution in [1.29, 1.82) is 0 Å². The molecule has 32 heavy (non-hydrogen) atoms. The van der Waals surface area contributed by atoms with E-state index < -0.39 is 5.82 Å². The van der Waals surface area contributed by atoms with Gasteiger partial charge in [-0.25, -0.2) is 4.39 Å². The highest BCUT2D eigenvalue weighted by Crippen LogP contribution is 2.48. The minimum Gasteiger partial charge on any atom is -0.493 e. The lowest BCUT2D eigenvalue weighted by Crippen LogP contribution is -2.34. The molecule has 0 saturated carbocycles. The molecule has 1 amide bonds. The summed E-state index contributed by atoms with van der Waals surface area (Å²) in [5.74, 6) is -0.506. The smallest absolute Gasteiger partial charge is 0.263 e. The molecule has 2 aromatic carbocycles. The second-order valence-electron chi connectivity index (χ2n) is 9.92. The molecule has 1 saturated heterocycles. The van der Waals surface area contributed by atoms with Crippen LogP contribution in [0.2, 0.25) is 0 Å². The van der Waals surface area contributed by atoms with Crippen LogP contribution >= 0.6 is 24.0 Å². The van der Waals surface area contributed by atoms with Gasteiger partial charge in [0, 0.05) is 5.56 Å². The quantitative estimate of drug-likeness (QED) is 0.404. The van der Waals surface area contributed by atoms with Crippen LogP contribution in [0.5, 0.6) is 5.75 Å². The van der Waals surface area contributed by atoms with Crippen LogP contribution in [0.15, 0.2) is 29.2 Å².